The van der Waals surface area contributed by atoms with Crippen LogP contribution >= 0.6 is 0 Å². The summed E-state index contributed by atoms with van der Waals surface area (Å²) in [4.78, 5) is 0. The van der Waals surface area contributed by atoms with E-state index in [0.29, 0.717) is 0 Å². The van der Waals surface area contributed by atoms with Crippen molar-refractivity contribution >= 4 is 0 Å². The normalized spacial score (nSPS) is 24.6. The third-order valence-electron chi connectivity index (χ3n) is 12.6. The van der Waals surface area contributed by atoms with Crippen molar-refractivity contribution < 1.29 is 0 Å². The van der Waals surface area contributed by atoms with Crippen molar-refractivity contribution in [1.29, 1.82) is 0 Å². The molecule has 2 atom stereocenters. The molecule has 4 aliphatic carbocycles. The average molecular weight is 541 g/mol. The van der Waals surface area contributed by atoms with Crippen molar-refractivity contribution in [3.8, 4) is 0 Å². The maximum absolute atomic E-state index is 1.59. The van der Waals surface area contributed by atoms with Crippen LogP contribution in [0.1, 0.15) is 212 Å². The Morgan fingerprint density at radius 3 is 1.15 bits per heavy atom. The van der Waals surface area contributed by atoms with E-state index in [0.717, 1.165) is 35.5 Å². The first kappa shape index (κ1) is 31.9. The maximum Gasteiger partial charge on any atom is -0.0357 e. The molecule has 0 heteroatoms. The van der Waals surface area contributed by atoms with E-state index in [9.17, 15) is 0 Å². The fourth-order valence-corrected chi connectivity index (χ4v) is 10.1. The Kier molecular flexibility index (Phi) is 16.4. The van der Waals surface area contributed by atoms with E-state index in [4.69, 9.17) is 0 Å². The van der Waals surface area contributed by atoms with Gasteiger partial charge in [-0.2, -0.15) is 0 Å². The average Bonchev–Trinajstić information content (AvgIpc) is 3.00. The predicted molar refractivity (Wildman–Crippen MR) is 173 cm³/mol. The molecule has 4 saturated carbocycles. The highest BCUT2D eigenvalue weighted by atomic mass is 14.4. The second-order valence-corrected chi connectivity index (χ2v) is 15.5. The summed E-state index contributed by atoms with van der Waals surface area (Å²) < 4.78 is 0. The molecule has 0 heterocycles. The lowest BCUT2D eigenvalue weighted by Gasteiger charge is -2.37. The Bertz CT molecular complexity index is 555. The SMILES string of the molecule is C1CCC(CCCCCC(CCCCC2CCCCC2)C(CCCCC2CCCCC2)C2CCCCC2)CC1. The number of hydrogen-bond acceptors (Lipinski definition) is 0. The van der Waals surface area contributed by atoms with Crippen molar-refractivity contribution in [1.82, 2.24) is 0 Å². The molecule has 4 fully saturated rings. The quantitative estimate of drug-likeness (QED) is 0.152. The lowest BCUT2D eigenvalue weighted by molar-refractivity contribution is 0.141. The molecule has 39 heavy (non-hydrogen) atoms. The van der Waals surface area contributed by atoms with Crippen molar-refractivity contribution in [2.45, 2.75) is 212 Å². The highest BCUT2D eigenvalue weighted by Gasteiger charge is 2.30. The highest BCUT2D eigenvalue weighted by Crippen LogP contribution is 2.42. The van der Waals surface area contributed by atoms with Crippen molar-refractivity contribution in [3.63, 3.8) is 0 Å². The van der Waals surface area contributed by atoms with E-state index in [1.165, 1.54) is 77.0 Å². The van der Waals surface area contributed by atoms with Gasteiger partial charge in [0.05, 0.1) is 0 Å². The fraction of sp³-hybridized carbons (Fsp3) is 1.00. The minimum atomic E-state index is 1.06. The van der Waals surface area contributed by atoms with Gasteiger partial charge >= 0.3 is 0 Å². The van der Waals surface area contributed by atoms with Crippen LogP contribution in [0.15, 0.2) is 0 Å². The molecule has 4 rings (SSSR count). The van der Waals surface area contributed by atoms with E-state index in [2.05, 4.69) is 0 Å². The third kappa shape index (κ3) is 12.8. The van der Waals surface area contributed by atoms with Gasteiger partial charge in [-0.15, -0.1) is 0 Å². The first-order valence-electron chi connectivity index (χ1n) is 19.4. The van der Waals surface area contributed by atoms with Crippen LogP contribution in [0.3, 0.4) is 0 Å². The van der Waals surface area contributed by atoms with E-state index in [-0.39, 0.29) is 0 Å². The molecular weight excluding hydrogens is 468 g/mol. The van der Waals surface area contributed by atoms with Gasteiger partial charge in [0.15, 0.2) is 0 Å². The molecule has 0 nitrogen and oxygen atoms in total. The lowest BCUT2D eigenvalue weighted by Crippen LogP contribution is -2.26. The fourth-order valence-electron chi connectivity index (χ4n) is 10.1. The topological polar surface area (TPSA) is 0 Å². The smallest absolute Gasteiger partial charge is 0.0357 e. The van der Waals surface area contributed by atoms with Gasteiger partial charge in [0.2, 0.25) is 0 Å². The van der Waals surface area contributed by atoms with Crippen LogP contribution in [-0.4, -0.2) is 0 Å². The van der Waals surface area contributed by atoms with Crippen LogP contribution in [0.25, 0.3) is 0 Å². The summed E-state index contributed by atoms with van der Waals surface area (Å²) in [5.74, 6) is 6.48. The number of hydrogen-bond donors (Lipinski definition) is 0. The second kappa shape index (κ2) is 20.0. The van der Waals surface area contributed by atoms with E-state index >= 15 is 0 Å². The van der Waals surface area contributed by atoms with Crippen LogP contribution in [0.2, 0.25) is 0 Å². The molecule has 0 bridgehead atoms. The van der Waals surface area contributed by atoms with Gasteiger partial charge in [-0.05, 0) is 41.9 Å². The Balaban J connectivity index is 1.25. The molecule has 228 valence electrons. The van der Waals surface area contributed by atoms with Gasteiger partial charge in [-0.25, -0.2) is 0 Å². The Hall–Kier alpha value is 0. The zero-order valence-corrected chi connectivity index (χ0v) is 26.8. The van der Waals surface area contributed by atoms with Gasteiger partial charge in [-0.1, -0.05) is 205 Å². The monoisotopic (exact) mass is 541 g/mol. The highest BCUT2D eigenvalue weighted by molar-refractivity contribution is 4.81. The van der Waals surface area contributed by atoms with Gasteiger partial charge < -0.3 is 0 Å². The standard InChI is InChI=1S/C39H72/c1-6-20-34(21-7-1)26-12-4-13-29-38(32-18-16-27-35-22-8-2-9-23-35)39(37-30-14-5-15-31-37)33-19-17-28-36-24-10-3-11-25-36/h34-39H,1-33H2. The van der Waals surface area contributed by atoms with Crippen molar-refractivity contribution in [2.24, 2.45) is 35.5 Å². The molecule has 0 radical (unpaired) electrons. The Labute approximate surface area is 247 Å². The third-order valence-corrected chi connectivity index (χ3v) is 12.6. The summed E-state index contributed by atoms with van der Waals surface area (Å²) in [5, 5.41) is 0. The second-order valence-electron chi connectivity index (χ2n) is 15.5. The summed E-state index contributed by atoms with van der Waals surface area (Å²) in [7, 11) is 0. The first-order valence-corrected chi connectivity index (χ1v) is 19.4. The minimum Gasteiger partial charge on any atom is -0.0533 e. The van der Waals surface area contributed by atoms with E-state index < -0.39 is 0 Å². The summed E-state index contributed by atoms with van der Waals surface area (Å²) in [6.07, 6.45) is 51.0. The van der Waals surface area contributed by atoms with Crippen LogP contribution < -0.4 is 0 Å². The molecule has 4 aliphatic rings. The molecule has 0 spiro atoms. The van der Waals surface area contributed by atoms with Crippen LogP contribution in [0.5, 0.6) is 0 Å². The number of rotatable bonds is 18. The molecule has 0 aliphatic heterocycles. The van der Waals surface area contributed by atoms with Gasteiger partial charge in [0, 0.05) is 0 Å². The Morgan fingerprint density at radius 1 is 0.333 bits per heavy atom. The van der Waals surface area contributed by atoms with E-state index in [1.54, 1.807) is 135 Å². The molecular formula is C39H72. The molecule has 0 aromatic heterocycles. The van der Waals surface area contributed by atoms with E-state index in [1.807, 2.05) is 0 Å². The summed E-state index contributed by atoms with van der Waals surface area (Å²) in [6, 6.07) is 0. The zero-order valence-electron chi connectivity index (χ0n) is 26.8. The van der Waals surface area contributed by atoms with Crippen LogP contribution in [-0.2, 0) is 0 Å². The summed E-state index contributed by atoms with van der Waals surface area (Å²) in [5.41, 5.74) is 0. The molecule has 0 amide bonds. The minimum absolute atomic E-state index is 1.06. The molecule has 0 N–H and O–H groups in total. The molecule has 0 aromatic carbocycles. The van der Waals surface area contributed by atoms with Crippen molar-refractivity contribution in [3.05, 3.63) is 0 Å². The maximum atomic E-state index is 1.59. The predicted octanol–water partition coefficient (Wildman–Crippen LogP) is 13.6. The number of unbranched alkanes of at least 4 members (excludes halogenated alkanes) is 4. The molecule has 0 saturated heterocycles. The molecule has 2 unspecified atom stereocenters. The summed E-state index contributed by atoms with van der Waals surface area (Å²) in [6.45, 7) is 0. The van der Waals surface area contributed by atoms with Gasteiger partial charge in [0.25, 0.3) is 0 Å². The lowest BCUT2D eigenvalue weighted by atomic mass is 9.69. The van der Waals surface area contributed by atoms with Crippen LogP contribution in [0, 0.1) is 35.5 Å². The Morgan fingerprint density at radius 2 is 0.692 bits per heavy atom. The van der Waals surface area contributed by atoms with Crippen LogP contribution in [0.4, 0.5) is 0 Å². The van der Waals surface area contributed by atoms with Gasteiger partial charge in [0.1, 0.15) is 0 Å². The first-order chi connectivity index (χ1) is 19.4. The zero-order chi connectivity index (χ0) is 26.8. The van der Waals surface area contributed by atoms with Crippen molar-refractivity contribution in [2.75, 3.05) is 0 Å². The molecule has 0 aromatic rings. The van der Waals surface area contributed by atoms with Gasteiger partial charge in [-0.3, -0.25) is 0 Å². The summed E-state index contributed by atoms with van der Waals surface area (Å²) >= 11 is 0. The largest absolute Gasteiger partial charge is 0.0533 e.